The lowest BCUT2D eigenvalue weighted by Crippen LogP contribution is -2.17. The van der Waals surface area contributed by atoms with E-state index in [9.17, 15) is 9.90 Å². The Kier molecular flexibility index (Phi) is 4.04. The standard InChI is InChI=1S/C17H14ClN3O2/c1-10-14(12-4-2-3-5-15(12)20-10)9-19-21-17(23)13-8-11(18)6-7-16(13)22/h2-9,20,22H,1H3,(H,21,23)/b19-9+. The average Bonchev–Trinajstić information content (AvgIpc) is 2.85. The van der Waals surface area contributed by atoms with Gasteiger partial charge in [-0.05, 0) is 31.2 Å². The van der Waals surface area contributed by atoms with Gasteiger partial charge >= 0.3 is 0 Å². The number of carbonyl (C=O) groups excluding carboxylic acids is 1. The van der Waals surface area contributed by atoms with Gasteiger partial charge < -0.3 is 10.1 Å². The highest BCUT2D eigenvalue weighted by molar-refractivity contribution is 6.31. The van der Waals surface area contributed by atoms with Gasteiger partial charge in [-0.2, -0.15) is 5.10 Å². The van der Waals surface area contributed by atoms with Crippen LogP contribution in [0.4, 0.5) is 0 Å². The number of fused-ring (bicyclic) bond motifs is 1. The van der Waals surface area contributed by atoms with Crippen LogP contribution in [0.1, 0.15) is 21.6 Å². The Balaban J connectivity index is 1.82. The van der Waals surface area contributed by atoms with Gasteiger partial charge in [-0.25, -0.2) is 5.43 Å². The number of amides is 1. The Morgan fingerprint density at radius 3 is 2.91 bits per heavy atom. The first-order valence-corrected chi connectivity index (χ1v) is 7.33. The normalized spacial score (nSPS) is 11.2. The molecule has 23 heavy (non-hydrogen) atoms. The monoisotopic (exact) mass is 327 g/mol. The molecule has 6 heteroatoms. The van der Waals surface area contributed by atoms with Crippen molar-refractivity contribution in [1.82, 2.24) is 10.4 Å². The number of H-pyrrole nitrogens is 1. The summed E-state index contributed by atoms with van der Waals surface area (Å²) in [4.78, 5) is 15.3. The first-order valence-electron chi connectivity index (χ1n) is 6.95. The summed E-state index contributed by atoms with van der Waals surface area (Å²) in [6.45, 7) is 1.94. The second-order valence-corrected chi connectivity index (χ2v) is 5.51. The van der Waals surface area contributed by atoms with Crippen molar-refractivity contribution in [2.45, 2.75) is 6.92 Å². The number of hydrogen-bond donors (Lipinski definition) is 3. The van der Waals surface area contributed by atoms with E-state index in [1.165, 1.54) is 18.2 Å². The third-order valence-electron chi connectivity index (χ3n) is 3.51. The van der Waals surface area contributed by atoms with E-state index in [-0.39, 0.29) is 11.3 Å². The van der Waals surface area contributed by atoms with Crippen LogP contribution in [-0.2, 0) is 0 Å². The zero-order valence-corrected chi connectivity index (χ0v) is 13.1. The van der Waals surface area contributed by atoms with Crippen molar-refractivity contribution >= 4 is 34.6 Å². The second kappa shape index (κ2) is 6.14. The summed E-state index contributed by atoms with van der Waals surface area (Å²) in [5.41, 5.74) is 5.33. The first kappa shape index (κ1) is 15.1. The van der Waals surface area contributed by atoms with Crippen LogP contribution >= 0.6 is 11.6 Å². The molecule has 0 unspecified atom stereocenters. The number of aromatic hydroxyl groups is 1. The molecule has 0 spiro atoms. The molecule has 3 aromatic rings. The number of carbonyl (C=O) groups is 1. The maximum absolute atomic E-state index is 12.0. The van der Waals surface area contributed by atoms with E-state index in [4.69, 9.17) is 11.6 Å². The number of hydrogen-bond acceptors (Lipinski definition) is 3. The Hall–Kier alpha value is -2.79. The first-order chi connectivity index (χ1) is 11.1. The summed E-state index contributed by atoms with van der Waals surface area (Å²) in [6.07, 6.45) is 1.58. The molecule has 0 saturated heterocycles. The van der Waals surface area contributed by atoms with Crippen LogP contribution in [-0.4, -0.2) is 22.2 Å². The lowest BCUT2D eigenvalue weighted by atomic mass is 10.1. The van der Waals surface area contributed by atoms with E-state index in [0.717, 1.165) is 22.2 Å². The molecule has 0 saturated carbocycles. The summed E-state index contributed by atoms with van der Waals surface area (Å²) in [5, 5.41) is 15.1. The number of aromatic amines is 1. The van der Waals surface area contributed by atoms with Gasteiger partial charge in [0.1, 0.15) is 5.75 Å². The highest BCUT2D eigenvalue weighted by Gasteiger charge is 2.11. The Morgan fingerprint density at radius 2 is 2.09 bits per heavy atom. The van der Waals surface area contributed by atoms with Crippen LogP contribution in [0.2, 0.25) is 5.02 Å². The Bertz CT molecular complexity index is 915. The molecule has 0 atom stereocenters. The van der Waals surface area contributed by atoms with E-state index in [2.05, 4.69) is 15.5 Å². The molecule has 0 fully saturated rings. The fraction of sp³-hybridized carbons (Fsp3) is 0.0588. The fourth-order valence-corrected chi connectivity index (χ4v) is 2.54. The maximum atomic E-state index is 12.0. The smallest absolute Gasteiger partial charge is 0.275 e. The minimum atomic E-state index is -0.529. The number of phenolic OH excluding ortho intramolecular Hbond substituents is 1. The van der Waals surface area contributed by atoms with Gasteiger partial charge in [-0.15, -0.1) is 0 Å². The van der Waals surface area contributed by atoms with Gasteiger partial charge in [0.2, 0.25) is 0 Å². The number of phenols is 1. The predicted molar refractivity (Wildman–Crippen MR) is 91.2 cm³/mol. The van der Waals surface area contributed by atoms with Crippen molar-refractivity contribution in [2.24, 2.45) is 5.10 Å². The summed E-state index contributed by atoms with van der Waals surface area (Å²) in [6, 6.07) is 12.1. The molecular formula is C17H14ClN3O2. The summed E-state index contributed by atoms with van der Waals surface area (Å²) < 4.78 is 0. The zero-order valence-electron chi connectivity index (χ0n) is 12.3. The molecule has 3 rings (SSSR count). The highest BCUT2D eigenvalue weighted by atomic mass is 35.5. The average molecular weight is 328 g/mol. The predicted octanol–water partition coefficient (Wildman–Crippen LogP) is 3.60. The van der Waals surface area contributed by atoms with Gasteiger partial charge in [0, 0.05) is 27.2 Å². The number of hydrazone groups is 1. The van der Waals surface area contributed by atoms with Gasteiger partial charge in [0.15, 0.2) is 0 Å². The lowest BCUT2D eigenvalue weighted by molar-refractivity contribution is 0.0952. The number of benzene rings is 2. The molecule has 1 amide bonds. The number of aromatic nitrogens is 1. The number of para-hydroxylation sites is 1. The SMILES string of the molecule is Cc1[nH]c2ccccc2c1/C=N/NC(=O)c1cc(Cl)ccc1O. The summed E-state index contributed by atoms with van der Waals surface area (Å²) in [5.74, 6) is -0.677. The van der Waals surface area contributed by atoms with Crippen LogP contribution in [0.3, 0.4) is 0 Å². The molecule has 0 aliphatic rings. The second-order valence-electron chi connectivity index (χ2n) is 5.07. The minimum Gasteiger partial charge on any atom is -0.507 e. The van der Waals surface area contributed by atoms with Crippen LogP contribution < -0.4 is 5.43 Å². The van der Waals surface area contributed by atoms with Crippen molar-refractivity contribution in [1.29, 1.82) is 0 Å². The van der Waals surface area contributed by atoms with Crippen LogP contribution in [0, 0.1) is 6.92 Å². The quantitative estimate of drug-likeness (QED) is 0.507. The topological polar surface area (TPSA) is 77.5 Å². The Labute approximate surface area is 137 Å². The van der Waals surface area contributed by atoms with Crippen molar-refractivity contribution in [3.8, 4) is 5.75 Å². The van der Waals surface area contributed by atoms with Crippen molar-refractivity contribution in [2.75, 3.05) is 0 Å². The van der Waals surface area contributed by atoms with E-state index >= 15 is 0 Å². The van der Waals surface area contributed by atoms with Crippen molar-refractivity contribution < 1.29 is 9.90 Å². The molecular weight excluding hydrogens is 314 g/mol. The number of rotatable bonds is 3. The molecule has 1 heterocycles. The molecule has 2 aromatic carbocycles. The Morgan fingerprint density at radius 1 is 1.30 bits per heavy atom. The van der Waals surface area contributed by atoms with E-state index < -0.39 is 5.91 Å². The van der Waals surface area contributed by atoms with Crippen molar-refractivity contribution in [3.05, 3.63) is 64.3 Å². The molecule has 0 radical (unpaired) electrons. The zero-order chi connectivity index (χ0) is 16.4. The van der Waals surface area contributed by atoms with Crippen molar-refractivity contribution in [3.63, 3.8) is 0 Å². The van der Waals surface area contributed by atoms with Crippen LogP contribution in [0.5, 0.6) is 5.75 Å². The summed E-state index contributed by atoms with van der Waals surface area (Å²) >= 11 is 5.83. The van der Waals surface area contributed by atoms with Crippen LogP contribution in [0.15, 0.2) is 47.6 Å². The molecule has 0 bridgehead atoms. The molecule has 116 valence electrons. The molecule has 1 aromatic heterocycles. The minimum absolute atomic E-state index is 0.0744. The number of nitrogens with zero attached hydrogens (tertiary/aromatic N) is 1. The van der Waals surface area contributed by atoms with Gasteiger partial charge in [-0.3, -0.25) is 4.79 Å². The molecule has 3 N–H and O–H groups in total. The molecule has 5 nitrogen and oxygen atoms in total. The van der Waals surface area contributed by atoms with E-state index in [1.807, 2.05) is 31.2 Å². The van der Waals surface area contributed by atoms with E-state index in [1.54, 1.807) is 6.21 Å². The fourth-order valence-electron chi connectivity index (χ4n) is 2.37. The van der Waals surface area contributed by atoms with Gasteiger partial charge in [-0.1, -0.05) is 29.8 Å². The van der Waals surface area contributed by atoms with Gasteiger partial charge in [0.25, 0.3) is 5.91 Å². The largest absolute Gasteiger partial charge is 0.507 e. The summed E-state index contributed by atoms with van der Waals surface area (Å²) in [7, 11) is 0. The lowest BCUT2D eigenvalue weighted by Gasteiger charge is -2.03. The number of aryl methyl sites for hydroxylation is 1. The third-order valence-corrected chi connectivity index (χ3v) is 3.74. The third kappa shape index (κ3) is 3.05. The van der Waals surface area contributed by atoms with E-state index in [0.29, 0.717) is 5.02 Å². The maximum Gasteiger partial charge on any atom is 0.275 e. The van der Waals surface area contributed by atoms with Gasteiger partial charge in [0.05, 0.1) is 11.8 Å². The molecule has 0 aliphatic heterocycles. The number of nitrogens with one attached hydrogen (secondary N) is 2. The highest BCUT2D eigenvalue weighted by Crippen LogP contribution is 2.22. The van der Waals surface area contributed by atoms with Crippen LogP contribution in [0.25, 0.3) is 10.9 Å². The molecule has 0 aliphatic carbocycles. The number of halogens is 1.